The van der Waals surface area contributed by atoms with E-state index < -0.39 is 0 Å². The third-order valence-electron chi connectivity index (χ3n) is 3.01. The Morgan fingerprint density at radius 2 is 1.95 bits per heavy atom. The summed E-state index contributed by atoms with van der Waals surface area (Å²) in [6.07, 6.45) is 0. The predicted octanol–water partition coefficient (Wildman–Crippen LogP) is 2.46. The first-order chi connectivity index (χ1) is 9.86. The van der Waals surface area contributed by atoms with Crippen LogP contribution < -0.4 is 5.73 Å². The highest BCUT2D eigenvalue weighted by Crippen LogP contribution is 2.14. The molecule has 1 aromatic carbocycles. The Kier molecular flexibility index (Phi) is 6.21. The topological polar surface area (TPSA) is 74.7 Å². The molecule has 0 fully saturated rings. The van der Waals surface area contributed by atoms with Crippen LogP contribution in [0.25, 0.3) is 0 Å². The smallest absolute Gasteiger partial charge is 0.213 e. The van der Waals surface area contributed by atoms with Gasteiger partial charge in [0.15, 0.2) is 5.96 Å². The van der Waals surface area contributed by atoms with E-state index in [1.54, 1.807) is 0 Å². The van der Waals surface area contributed by atoms with Crippen LogP contribution >= 0.6 is 0 Å². The van der Waals surface area contributed by atoms with Crippen LogP contribution in [-0.4, -0.2) is 42.0 Å². The Labute approximate surface area is 127 Å². The second-order valence-electron chi connectivity index (χ2n) is 5.69. The van der Waals surface area contributed by atoms with Crippen molar-refractivity contribution in [1.29, 1.82) is 5.41 Å². The molecule has 0 amide bonds. The molecule has 0 bridgehead atoms. The predicted molar refractivity (Wildman–Crippen MR) is 87.8 cm³/mol. The molecule has 0 saturated heterocycles. The highest BCUT2D eigenvalue weighted by molar-refractivity contribution is 5.91. The van der Waals surface area contributed by atoms with Crippen molar-refractivity contribution in [1.82, 2.24) is 4.90 Å². The van der Waals surface area contributed by atoms with Crippen LogP contribution in [0.15, 0.2) is 35.3 Å². The molecule has 1 aliphatic rings. The van der Waals surface area contributed by atoms with Crippen molar-refractivity contribution in [2.75, 3.05) is 19.7 Å². The maximum Gasteiger partial charge on any atom is 0.213 e. The third kappa shape index (κ3) is 5.45. The maximum absolute atomic E-state index is 7.41. The first kappa shape index (κ1) is 17.0. The van der Waals surface area contributed by atoms with E-state index in [1.165, 1.54) is 0 Å². The number of benzene rings is 1. The summed E-state index contributed by atoms with van der Waals surface area (Å²) in [6, 6.07) is 9.42. The molecule has 0 aromatic heterocycles. The number of aliphatic imine (C=N–C) groups is 1. The van der Waals surface area contributed by atoms with Gasteiger partial charge in [-0.25, -0.2) is 0 Å². The van der Waals surface area contributed by atoms with Crippen molar-refractivity contribution < 1.29 is 4.74 Å². The second-order valence-corrected chi connectivity index (χ2v) is 5.69. The molecule has 21 heavy (non-hydrogen) atoms. The van der Waals surface area contributed by atoms with Crippen molar-refractivity contribution in [2.45, 2.75) is 33.2 Å². The lowest BCUT2D eigenvalue weighted by atomic mass is 10.1. The summed E-state index contributed by atoms with van der Waals surface area (Å²) in [6.45, 7) is 10.7. The van der Waals surface area contributed by atoms with Gasteiger partial charge < -0.3 is 15.4 Å². The fourth-order valence-corrected chi connectivity index (χ4v) is 1.96. The number of ether oxygens (including phenoxy) is 1. The number of rotatable bonds is 2. The molecular formula is C16H26N4O. The van der Waals surface area contributed by atoms with Crippen LogP contribution in [0.1, 0.15) is 33.3 Å². The molecule has 0 spiro atoms. The molecule has 1 aliphatic heterocycles. The summed E-state index contributed by atoms with van der Waals surface area (Å²) in [7, 11) is 0. The van der Waals surface area contributed by atoms with E-state index in [2.05, 4.69) is 30.7 Å². The van der Waals surface area contributed by atoms with Gasteiger partial charge in [0, 0.05) is 17.6 Å². The zero-order valence-corrected chi connectivity index (χ0v) is 13.4. The van der Waals surface area contributed by atoms with Gasteiger partial charge in [-0.05, 0) is 39.8 Å². The summed E-state index contributed by atoms with van der Waals surface area (Å²) in [4.78, 5) is 6.22. The molecule has 116 valence electrons. The lowest BCUT2D eigenvalue weighted by molar-refractivity contribution is 0.255. The van der Waals surface area contributed by atoms with E-state index in [0.29, 0.717) is 12.6 Å². The molecule has 1 heterocycles. The van der Waals surface area contributed by atoms with Crippen molar-refractivity contribution >= 4 is 11.9 Å². The van der Waals surface area contributed by atoms with Crippen LogP contribution in [-0.2, 0) is 4.74 Å². The SMILES string of the molecule is CC(C)(C)N1CCN=C1N.CCOC(=N)c1ccccc1. The molecule has 0 unspecified atom stereocenters. The Morgan fingerprint density at radius 3 is 2.33 bits per heavy atom. The molecule has 0 aliphatic carbocycles. The molecule has 0 radical (unpaired) electrons. The number of nitrogens with zero attached hydrogens (tertiary/aromatic N) is 2. The van der Waals surface area contributed by atoms with Crippen molar-refractivity contribution in [3.63, 3.8) is 0 Å². The zero-order chi connectivity index (χ0) is 15.9. The van der Waals surface area contributed by atoms with Crippen LogP contribution in [0.4, 0.5) is 0 Å². The fraction of sp³-hybridized carbons (Fsp3) is 0.500. The minimum atomic E-state index is 0.129. The van der Waals surface area contributed by atoms with Crippen molar-refractivity contribution in [3.05, 3.63) is 35.9 Å². The first-order valence-electron chi connectivity index (χ1n) is 7.20. The molecular weight excluding hydrogens is 264 g/mol. The number of nitrogens with two attached hydrogens (primary N) is 1. The van der Waals surface area contributed by atoms with Gasteiger partial charge in [0.2, 0.25) is 5.90 Å². The van der Waals surface area contributed by atoms with Gasteiger partial charge in [-0.2, -0.15) is 0 Å². The summed E-state index contributed by atoms with van der Waals surface area (Å²) in [5.74, 6) is 0.931. The van der Waals surface area contributed by atoms with Crippen LogP contribution in [0, 0.1) is 5.41 Å². The van der Waals surface area contributed by atoms with Gasteiger partial charge in [0.05, 0.1) is 13.2 Å². The average Bonchev–Trinajstić information content (AvgIpc) is 2.87. The van der Waals surface area contributed by atoms with Crippen LogP contribution in [0.3, 0.4) is 0 Å². The quantitative estimate of drug-likeness (QED) is 0.649. The van der Waals surface area contributed by atoms with E-state index in [1.807, 2.05) is 37.3 Å². The summed E-state index contributed by atoms with van der Waals surface area (Å²) < 4.78 is 5.01. The Hall–Kier alpha value is -2.04. The average molecular weight is 290 g/mol. The van der Waals surface area contributed by atoms with E-state index in [0.717, 1.165) is 18.7 Å². The molecule has 0 atom stereocenters. The molecule has 1 aromatic rings. The van der Waals surface area contributed by atoms with Gasteiger partial charge in [-0.3, -0.25) is 10.4 Å². The van der Waals surface area contributed by atoms with E-state index >= 15 is 0 Å². The summed E-state index contributed by atoms with van der Waals surface area (Å²) >= 11 is 0. The highest BCUT2D eigenvalue weighted by atomic mass is 16.5. The van der Waals surface area contributed by atoms with E-state index in [-0.39, 0.29) is 11.4 Å². The monoisotopic (exact) mass is 290 g/mol. The van der Waals surface area contributed by atoms with Gasteiger partial charge >= 0.3 is 0 Å². The third-order valence-corrected chi connectivity index (χ3v) is 3.01. The largest absolute Gasteiger partial charge is 0.478 e. The molecule has 5 heteroatoms. The number of hydrogen-bond donors (Lipinski definition) is 2. The molecule has 5 nitrogen and oxygen atoms in total. The summed E-state index contributed by atoms with van der Waals surface area (Å²) in [5.41, 5.74) is 6.60. The fourth-order valence-electron chi connectivity index (χ4n) is 1.96. The molecule has 0 saturated carbocycles. The minimum Gasteiger partial charge on any atom is -0.478 e. The van der Waals surface area contributed by atoms with Crippen molar-refractivity contribution in [3.8, 4) is 0 Å². The minimum absolute atomic E-state index is 0.129. The Morgan fingerprint density at radius 1 is 1.33 bits per heavy atom. The van der Waals surface area contributed by atoms with Gasteiger partial charge in [-0.1, -0.05) is 18.2 Å². The lowest BCUT2D eigenvalue weighted by Gasteiger charge is -2.32. The number of hydrogen-bond acceptors (Lipinski definition) is 5. The van der Waals surface area contributed by atoms with Crippen molar-refractivity contribution in [2.24, 2.45) is 10.7 Å². The number of nitrogens with one attached hydrogen (secondary N) is 1. The summed E-state index contributed by atoms with van der Waals surface area (Å²) in [5, 5.41) is 7.41. The van der Waals surface area contributed by atoms with Gasteiger partial charge in [-0.15, -0.1) is 0 Å². The number of guanidine groups is 1. The molecule has 3 N–H and O–H groups in total. The standard InChI is InChI=1S/C9H11NO.C7H15N3/c1-2-11-9(10)8-6-4-3-5-7-8;1-7(2,3)10-5-4-9-6(10)8/h3-7,10H,2H2,1H3;4-5H2,1-3H3,(H2,8,9). The normalized spacial score (nSPS) is 14.1. The van der Waals surface area contributed by atoms with Crippen LogP contribution in [0.5, 0.6) is 0 Å². The second kappa shape index (κ2) is 7.67. The van der Waals surface area contributed by atoms with Gasteiger partial charge in [0.1, 0.15) is 0 Å². The highest BCUT2D eigenvalue weighted by Gasteiger charge is 2.25. The maximum atomic E-state index is 7.41. The Bertz CT molecular complexity index is 477. The van der Waals surface area contributed by atoms with E-state index in [9.17, 15) is 0 Å². The lowest BCUT2D eigenvalue weighted by Crippen LogP contribution is -2.46. The first-order valence-corrected chi connectivity index (χ1v) is 7.20. The molecule has 2 rings (SSSR count). The van der Waals surface area contributed by atoms with Crippen LogP contribution in [0.2, 0.25) is 0 Å². The van der Waals surface area contributed by atoms with Gasteiger partial charge in [0.25, 0.3) is 0 Å². The Balaban J connectivity index is 0.000000211. The van der Waals surface area contributed by atoms with E-state index in [4.69, 9.17) is 15.9 Å². The zero-order valence-electron chi connectivity index (χ0n) is 13.4.